The summed E-state index contributed by atoms with van der Waals surface area (Å²) < 4.78 is 0. The van der Waals surface area contributed by atoms with Gasteiger partial charge in [0, 0.05) is 19.1 Å². The average molecular weight is 291 g/mol. The fraction of sp³-hybridized carbons (Fsp3) is 0.571. The van der Waals surface area contributed by atoms with Crippen molar-refractivity contribution in [1.82, 2.24) is 14.9 Å². The van der Waals surface area contributed by atoms with Crippen LogP contribution in [0.1, 0.15) is 19.8 Å². The maximum absolute atomic E-state index is 5.89. The highest BCUT2D eigenvalue weighted by Gasteiger charge is 2.25. The summed E-state index contributed by atoms with van der Waals surface area (Å²) in [6, 6.07) is 2.59. The lowest BCUT2D eigenvalue weighted by Gasteiger charge is -2.31. The normalized spacial score (nSPS) is 21.3. The molecule has 0 aromatic carbocycles. The van der Waals surface area contributed by atoms with Gasteiger partial charge < -0.3 is 15.5 Å². The van der Waals surface area contributed by atoms with E-state index in [0.29, 0.717) is 12.0 Å². The molecule has 1 aliphatic heterocycles. The minimum Gasteiger partial charge on any atom is -0.368 e. The summed E-state index contributed by atoms with van der Waals surface area (Å²) >= 11 is 1.63. The molecule has 2 N–H and O–H groups in total. The zero-order chi connectivity index (χ0) is 14.1. The van der Waals surface area contributed by atoms with Gasteiger partial charge >= 0.3 is 0 Å². The summed E-state index contributed by atoms with van der Waals surface area (Å²) in [7, 11) is 2.20. The van der Waals surface area contributed by atoms with E-state index in [4.69, 9.17) is 5.73 Å². The first-order valence-corrected chi connectivity index (χ1v) is 8.03. The van der Waals surface area contributed by atoms with E-state index in [1.54, 1.807) is 11.3 Å². The van der Waals surface area contributed by atoms with E-state index in [-0.39, 0.29) is 0 Å². The van der Waals surface area contributed by atoms with Crippen LogP contribution >= 0.6 is 11.3 Å². The van der Waals surface area contributed by atoms with Crippen LogP contribution < -0.4 is 10.6 Å². The van der Waals surface area contributed by atoms with Gasteiger partial charge in [0.2, 0.25) is 5.95 Å². The van der Waals surface area contributed by atoms with Crippen molar-refractivity contribution in [2.75, 3.05) is 37.3 Å². The lowest BCUT2D eigenvalue weighted by Crippen LogP contribution is -2.40. The Morgan fingerprint density at radius 3 is 3.05 bits per heavy atom. The van der Waals surface area contributed by atoms with Gasteiger partial charge in [0.05, 0.1) is 5.39 Å². The minimum absolute atomic E-state index is 0.377. The number of nitrogens with zero attached hydrogens (tertiary/aromatic N) is 4. The lowest BCUT2D eigenvalue weighted by atomic mass is 10.1. The third-order valence-electron chi connectivity index (χ3n) is 3.97. The zero-order valence-corrected chi connectivity index (χ0v) is 12.9. The summed E-state index contributed by atoms with van der Waals surface area (Å²) in [6.07, 6.45) is 2.27. The number of thiophene rings is 1. The van der Waals surface area contributed by atoms with Crippen molar-refractivity contribution >= 4 is 33.3 Å². The summed E-state index contributed by atoms with van der Waals surface area (Å²) in [4.78, 5) is 14.7. The number of aromatic nitrogens is 2. The second-order valence-electron chi connectivity index (χ2n) is 5.42. The van der Waals surface area contributed by atoms with Crippen molar-refractivity contribution in [1.29, 1.82) is 0 Å². The van der Waals surface area contributed by atoms with Gasteiger partial charge in [-0.3, -0.25) is 0 Å². The van der Waals surface area contributed by atoms with Crippen LogP contribution in [0.2, 0.25) is 0 Å². The van der Waals surface area contributed by atoms with Gasteiger partial charge in [-0.1, -0.05) is 6.92 Å². The molecule has 0 radical (unpaired) electrons. The predicted octanol–water partition coefficient (Wildman–Crippen LogP) is 2.19. The smallest absolute Gasteiger partial charge is 0.223 e. The predicted molar refractivity (Wildman–Crippen MR) is 85.4 cm³/mol. The minimum atomic E-state index is 0.377. The van der Waals surface area contributed by atoms with E-state index in [1.165, 1.54) is 0 Å². The quantitative estimate of drug-likeness (QED) is 0.919. The van der Waals surface area contributed by atoms with Crippen LogP contribution in [-0.4, -0.2) is 47.6 Å². The molecule has 1 aliphatic rings. The van der Waals surface area contributed by atoms with Gasteiger partial charge in [-0.15, -0.1) is 11.3 Å². The molecule has 0 aliphatic carbocycles. The molecule has 0 amide bonds. The van der Waals surface area contributed by atoms with Crippen LogP contribution in [-0.2, 0) is 0 Å². The SMILES string of the molecule is CCC1CN(C)CCCN1c1nc(N)nc2sccc12. The molecule has 20 heavy (non-hydrogen) atoms. The topological polar surface area (TPSA) is 58.3 Å². The van der Waals surface area contributed by atoms with Crippen molar-refractivity contribution < 1.29 is 0 Å². The van der Waals surface area contributed by atoms with Crippen molar-refractivity contribution in [2.24, 2.45) is 0 Å². The fourth-order valence-corrected chi connectivity index (χ4v) is 3.71. The Kier molecular flexibility index (Phi) is 3.76. The maximum atomic E-state index is 5.89. The number of hydrogen-bond donors (Lipinski definition) is 1. The van der Waals surface area contributed by atoms with Crippen LogP contribution in [0.4, 0.5) is 11.8 Å². The number of nitrogens with two attached hydrogens (primary N) is 1. The zero-order valence-electron chi connectivity index (χ0n) is 12.0. The van der Waals surface area contributed by atoms with Crippen LogP contribution in [0.15, 0.2) is 11.4 Å². The molecule has 2 aromatic heterocycles. The molecule has 3 rings (SSSR count). The molecule has 3 heterocycles. The monoisotopic (exact) mass is 291 g/mol. The van der Waals surface area contributed by atoms with Crippen molar-refractivity contribution in [3.05, 3.63) is 11.4 Å². The summed E-state index contributed by atoms with van der Waals surface area (Å²) in [6.45, 7) is 5.49. The third kappa shape index (κ3) is 2.45. The van der Waals surface area contributed by atoms with E-state index in [2.05, 4.69) is 45.2 Å². The molecule has 108 valence electrons. The van der Waals surface area contributed by atoms with Gasteiger partial charge in [-0.25, -0.2) is 4.98 Å². The van der Waals surface area contributed by atoms with E-state index >= 15 is 0 Å². The van der Waals surface area contributed by atoms with Gasteiger partial charge in [0.15, 0.2) is 0 Å². The number of nitrogen functional groups attached to an aromatic ring is 1. The Balaban J connectivity index is 2.05. The van der Waals surface area contributed by atoms with E-state index in [1.807, 2.05) is 0 Å². The summed E-state index contributed by atoms with van der Waals surface area (Å²) in [5.74, 6) is 1.39. The Morgan fingerprint density at radius 2 is 2.25 bits per heavy atom. The highest BCUT2D eigenvalue weighted by molar-refractivity contribution is 7.16. The Bertz CT molecular complexity index is 596. The fourth-order valence-electron chi connectivity index (χ4n) is 2.95. The second-order valence-corrected chi connectivity index (χ2v) is 6.31. The Morgan fingerprint density at radius 1 is 1.40 bits per heavy atom. The highest BCUT2D eigenvalue weighted by atomic mass is 32.1. The van der Waals surface area contributed by atoms with Crippen LogP contribution in [0.25, 0.3) is 10.2 Å². The van der Waals surface area contributed by atoms with Crippen LogP contribution in [0.5, 0.6) is 0 Å². The maximum Gasteiger partial charge on any atom is 0.223 e. The Hall–Kier alpha value is -1.40. The molecule has 0 saturated carbocycles. The molecule has 0 spiro atoms. The van der Waals surface area contributed by atoms with E-state index < -0.39 is 0 Å². The van der Waals surface area contributed by atoms with Crippen LogP contribution in [0.3, 0.4) is 0 Å². The number of likely N-dealkylation sites (N-methyl/N-ethyl adjacent to an activating group) is 1. The van der Waals surface area contributed by atoms with Crippen molar-refractivity contribution in [2.45, 2.75) is 25.8 Å². The molecule has 2 aromatic rings. The highest BCUT2D eigenvalue weighted by Crippen LogP contribution is 2.31. The molecule has 1 unspecified atom stereocenters. The third-order valence-corrected chi connectivity index (χ3v) is 4.77. The number of rotatable bonds is 2. The van der Waals surface area contributed by atoms with Crippen molar-refractivity contribution in [3.63, 3.8) is 0 Å². The van der Waals surface area contributed by atoms with Crippen LogP contribution in [0, 0.1) is 0 Å². The molecule has 1 saturated heterocycles. The second kappa shape index (κ2) is 5.54. The van der Waals surface area contributed by atoms with E-state index in [9.17, 15) is 0 Å². The van der Waals surface area contributed by atoms with Gasteiger partial charge in [0.1, 0.15) is 10.6 Å². The molecule has 1 atom stereocenters. The molecule has 0 bridgehead atoms. The van der Waals surface area contributed by atoms with Gasteiger partial charge in [0.25, 0.3) is 0 Å². The number of anilines is 2. The largest absolute Gasteiger partial charge is 0.368 e. The molecule has 5 nitrogen and oxygen atoms in total. The number of fused-ring (bicyclic) bond motifs is 1. The molecule has 6 heteroatoms. The van der Waals surface area contributed by atoms with Gasteiger partial charge in [-0.05, 0) is 37.9 Å². The first kappa shape index (κ1) is 13.6. The van der Waals surface area contributed by atoms with E-state index in [0.717, 1.165) is 48.5 Å². The Labute approximate surface area is 123 Å². The number of hydrogen-bond acceptors (Lipinski definition) is 6. The first-order chi connectivity index (χ1) is 9.69. The lowest BCUT2D eigenvalue weighted by molar-refractivity contribution is 0.328. The van der Waals surface area contributed by atoms with Gasteiger partial charge in [-0.2, -0.15) is 4.98 Å². The molecular weight excluding hydrogens is 270 g/mol. The summed E-state index contributed by atoms with van der Waals surface area (Å²) in [5.41, 5.74) is 5.89. The summed E-state index contributed by atoms with van der Waals surface area (Å²) in [5, 5.41) is 3.19. The first-order valence-electron chi connectivity index (χ1n) is 7.15. The molecule has 1 fully saturated rings. The average Bonchev–Trinajstić information content (AvgIpc) is 2.80. The standard InChI is InChI=1S/C14H21N5S/c1-3-10-9-18(2)6-4-7-19(10)12-11-5-8-20-13(11)17-14(15)16-12/h5,8,10H,3-4,6-7,9H2,1-2H3,(H2,15,16,17). The van der Waals surface area contributed by atoms with Crippen molar-refractivity contribution in [3.8, 4) is 0 Å². The molecular formula is C14H21N5S.